The summed E-state index contributed by atoms with van der Waals surface area (Å²) in [4.78, 5) is 14.7. The number of nitrogens with zero attached hydrogens (tertiary/aromatic N) is 2. The van der Waals surface area contributed by atoms with Crippen LogP contribution in [0.4, 0.5) is 0 Å². The number of benzene rings is 2. The number of quaternary nitrogens is 1. The summed E-state index contributed by atoms with van der Waals surface area (Å²) < 4.78 is 25.8. The number of carbonyl (C=O) groups excluding carboxylic acids is 1. The molecule has 1 aliphatic rings. The van der Waals surface area contributed by atoms with Crippen molar-refractivity contribution in [3.05, 3.63) is 71.3 Å². The summed E-state index contributed by atoms with van der Waals surface area (Å²) in [7, 11) is -2.73. The van der Waals surface area contributed by atoms with Gasteiger partial charge in [-0.2, -0.15) is 13.8 Å². The summed E-state index contributed by atoms with van der Waals surface area (Å²) in [6, 6.07) is 16.1. The van der Waals surface area contributed by atoms with E-state index in [1.807, 2.05) is 18.2 Å². The number of nitrogens with one attached hydrogen (secondary N) is 2. The van der Waals surface area contributed by atoms with Crippen molar-refractivity contribution in [1.29, 1.82) is 0 Å². The zero-order chi connectivity index (χ0) is 20.5. The molecular weight excluding hydrogens is 416 g/mol. The molecule has 1 amide bonds. The van der Waals surface area contributed by atoms with Crippen molar-refractivity contribution in [3.63, 3.8) is 0 Å². The predicted molar refractivity (Wildman–Crippen MR) is 114 cm³/mol. The summed E-state index contributed by atoms with van der Waals surface area (Å²) in [5, 5.41) is 1.23. The van der Waals surface area contributed by atoms with Crippen LogP contribution in [-0.2, 0) is 21.5 Å². The maximum absolute atomic E-state index is 13.4. The molecule has 2 aromatic carbocycles. The smallest absolute Gasteiger partial charge is 0.283 e. The second-order valence-electron chi connectivity index (χ2n) is 6.32. The van der Waals surface area contributed by atoms with E-state index in [1.54, 1.807) is 36.4 Å². The second kappa shape index (κ2) is 7.64. The molecular formula is C18H19N4O3S3+. The fraction of sp³-hybridized carbons (Fsp3) is 0.167. The van der Waals surface area contributed by atoms with E-state index in [0.29, 0.717) is 11.1 Å². The Hall–Kier alpha value is -2.24. The van der Waals surface area contributed by atoms with E-state index in [-0.39, 0.29) is 16.5 Å². The summed E-state index contributed by atoms with van der Waals surface area (Å²) in [6.45, 7) is 1.23. The van der Waals surface area contributed by atoms with Crippen LogP contribution in [0.3, 0.4) is 0 Å². The van der Waals surface area contributed by atoms with Gasteiger partial charge in [0.15, 0.2) is 6.54 Å². The number of fused-ring (bicyclic) bond motifs is 1. The van der Waals surface area contributed by atoms with Crippen molar-refractivity contribution in [3.8, 4) is 0 Å². The molecule has 28 heavy (non-hydrogen) atoms. The molecule has 2 N–H and O–H groups in total. The van der Waals surface area contributed by atoms with Crippen LogP contribution in [0.5, 0.6) is 0 Å². The van der Waals surface area contributed by atoms with E-state index < -0.39 is 20.1 Å². The molecule has 0 saturated heterocycles. The Kier molecular flexibility index (Phi) is 5.60. The maximum atomic E-state index is 13.4. The van der Waals surface area contributed by atoms with Gasteiger partial charge in [0.1, 0.15) is 4.99 Å². The molecule has 0 spiro atoms. The highest BCUT2D eigenvalue weighted by atomic mass is 32.2. The van der Waals surface area contributed by atoms with Crippen molar-refractivity contribution in [1.82, 2.24) is 15.3 Å². The van der Waals surface area contributed by atoms with Gasteiger partial charge in [0.25, 0.3) is 5.91 Å². The lowest BCUT2D eigenvalue weighted by Crippen LogP contribution is -2.67. The summed E-state index contributed by atoms with van der Waals surface area (Å²) >= 11 is 10.9. The van der Waals surface area contributed by atoms with E-state index in [9.17, 15) is 13.2 Å². The molecule has 146 valence electrons. The highest BCUT2D eigenvalue weighted by Crippen LogP contribution is 2.32. The summed E-state index contributed by atoms with van der Waals surface area (Å²) in [5.41, 5.74) is 4.55. The number of rotatable bonds is 5. The number of hydrogen-bond donors (Lipinski definition) is 2. The Labute approximate surface area is 174 Å². The van der Waals surface area contributed by atoms with E-state index in [2.05, 4.69) is 10.3 Å². The number of hydrazine groups is 1. The Bertz CT molecular complexity index is 1060. The maximum Gasteiger partial charge on any atom is 0.415 e. The van der Waals surface area contributed by atoms with Gasteiger partial charge in [-0.3, -0.25) is 9.80 Å². The molecule has 1 unspecified atom stereocenters. The minimum absolute atomic E-state index is 0.0180. The largest absolute Gasteiger partial charge is 0.415 e. The van der Waals surface area contributed by atoms with E-state index in [4.69, 9.17) is 24.4 Å². The van der Waals surface area contributed by atoms with Gasteiger partial charge in [0, 0.05) is 25.1 Å². The molecule has 0 radical (unpaired) electrons. The van der Waals surface area contributed by atoms with Gasteiger partial charge in [-0.05, 0) is 18.3 Å². The average molecular weight is 436 g/mol. The van der Waals surface area contributed by atoms with Crippen LogP contribution < -0.4 is 10.3 Å². The number of thiocarbonyl (C=S) groups is 2. The van der Waals surface area contributed by atoms with Crippen molar-refractivity contribution in [2.75, 3.05) is 7.05 Å². The minimum Gasteiger partial charge on any atom is -0.283 e. The van der Waals surface area contributed by atoms with Crippen LogP contribution in [0.25, 0.3) is 0 Å². The molecule has 7 nitrogen and oxygen atoms in total. The fourth-order valence-corrected chi connectivity index (χ4v) is 5.32. The third kappa shape index (κ3) is 3.56. The SMILES string of the molecule is CC(=O)N[N+]1(S(=O)(=O)NN(C)C(=S)c2ccccc2)Cc2ccccc2C1=S. The molecule has 1 heterocycles. The monoisotopic (exact) mass is 435 g/mol. The van der Waals surface area contributed by atoms with Crippen molar-refractivity contribution >= 4 is 50.5 Å². The fourth-order valence-electron chi connectivity index (χ4n) is 3.03. The van der Waals surface area contributed by atoms with Gasteiger partial charge < -0.3 is 0 Å². The lowest BCUT2D eigenvalue weighted by molar-refractivity contribution is -0.759. The standard InChI is InChI=1S/C18H18N4O3S3/c1-13(23)19-22(12-15-10-6-7-11-16(15)18(22)27)28(24,25)20-21(2)17(26)14-8-4-3-5-9-14/h3-11,20H,12H2,1-2H3/p+1. The first-order valence-electron chi connectivity index (χ1n) is 8.33. The van der Waals surface area contributed by atoms with Gasteiger partial charge in [-0.25, -0.2) is 0 Å². The molecule has 0 fully saturated rings. The van der Waals surface area contributed by atoms with Gasteiger partial charge in [-0.1, -0.05) is 69.6 Å². The quantitative estimate of drug-likeness (QED) is 0.424. The van der Waals surface area contributed by atoms with Crippen molar-refractivity contribution in [2.45, 2.75) is 13.5 Å². The topological polar surface area (TPSA) is 78.5 Å². The van der Waals surface area contributed by atoms with Crippen LogP contribution >= 0.6 is 24.4 Å². The van der Waals surface area contributed by atoms with Crippen molar-refractivity contribution < 1.29 is 17.2 Å². The van der Waals surface area contributed by atoms with Crippen LogP contribution in [0.1, 0.15) is 23.6 Å². The summed E-state index contributed by atoms with van der Waals surface area (Å²) in [6.07, 6.45) is 0. The second-order valence-corrected chi connectivity index (χ2v) is 8.85. The normalized spacial score (nSPS) is 18.4. The minimum atomic E-state index is -4.23. The molecule has 0 aromatic heterocycles. The van der Waals surface area contributed by atoms with Gasteiger partial charge in [0.05, 0.1) is 5.56 Å². The molecule has 10 heteroatoms. The lowest BCUT2D eigenvalue weighted by atomic mass is 10.1. The highest BCUT2D eigenvalue weighted by molar-refractivity contribution is 7.86. The van der Waals surface area contributed by atoms with Crippen LogP contribution in [0.15, 0.2) is 54.6 Å². The zero-order valence-electron chi connectivity index (χ0n) is 15.2. The van der Waals surface area contributed by atoms with Crippen molar-refractivity contribution in [2.24, 2.45) is 0 Å². The van der Waals surface area contributed by atoms with E-state index in [0.717, 1.165) is 5.56 Å². The molecule has 1 atom stereocenters. The third-order valence-electron chi connectivity index (χ3n) is 4.29. The van der Waals surface area contributed by atoms with Gasteiger partial charge >= 0.3 is 10.2 Å². The summed E-state index contributed by atoms with van der Waals surface area (Å²) in [5.74, 6) is -0.520. The Balaban J connectivity index is 1.96. The molecule has 2 aromatic rings. The molecule has 3 rings (SSSR count). The number of amides is 1. The third-order valence-corrected chi connectivity index (χ3v) is 7.18. The number of hydrogen-bond acceptors (Lipinski definition) is 5. The van der Waals surface area contributed by atoms with E-state index in [1.165, 1.54) is 19.0 Å². The Morgan fingerprint density at radius 2 is 1.71 bits per heavy atom. The first-order chi connectivity index (χ1) is 13.2. The van der Waals surface area contributed by atoms with Crippen LogP contribution in [0, 0.1) is 0 Å². The van der Waals surface area contributed by atoms with Crippen LogP contribution in [-0.4, -0.2) is 40.4 Å². The first kappa shape index (κ1) is 20.5. The Morgan fingerprint density at radius 3 is 2.32 bits per heavy atom. The van der Waals surface area contributed by atoms with Crippen LogP contribution in [0.2, 0.25) is 0 Å². The van der Waals surface area contributed by atoms with Gasteiger partial charge in [0.2, 0.25) is 4.99 Å². The molecule has 0 bridgehead atoms. The van der Waals surface area contributed by atoms with Gasteiger partial charge in [-0.15, -0.1) is 0 Å². The number of carbonyl (C=O) groups is 1. The predicted octanol–water partition coefficient (Wildman–Crippen LogP) is 1.80. The average Bonchev–Trinajstić information content (AvgIpc) is 2.94. The highest BCUT2D eigenvalue weighted by Gasteiger charge is 2.55. The Morgan fingerprint density at radius 1 is 1.11 bits per heavy atom. The molecule has 0 saturated carbocycles. The molecule has 0 aliphatic carbocycles. The zero-order valence-corrected chi connectivity index (χ0v) is 17.7. The van der Waals surface area contributed by atoms with E-state index >= 15 is 0 Å². The lowest BCUT2D eigenvalue weighted by Gasteiger charge is -2.32. The molecule has 1 aliphatic heterocycles. The first-order valence-corrected chi connectivity index (χ1v) is 10.6.